The third-order valence-corrected chi connectivity index (χ3v) is 4.83. The molecule has 4 rings (SSSR count). The number of carbonyl (C=O) groups excluding carboxylic acids is 1. The van der Waals surface area contributed by atoms with Crippen LogP contribution in [0.1, 0.15) is 21.5 Å². The van der Waals surface area contributed by atoms with Crippen molar-refractivity contribution in [3.05, 3.63) is 77.4 Å². The van der Waals surface area contributed by atoms with Crippen molar-refractivity contribution in [2.24, 2.45) is 0 Å². The van der Waals surface area contributed by atoms with E-state index in [1.165, 1.54) is 7.11 Å². The molecule has 160 valence electrons. The summed E-state index contributed by atoms with van der Waals surface area (Å²) in [6.07, 6.45) is 1.71. The maximum absolute atomic E-state index is 12.6. The molecule has 0 atom stereocenters. The average Bonchev–Trinajstić information content (AvgIpc) is 3.31. The number of hydrogen-bond donors (Lipinski definition) is 0. The van der Waals surface area contributed by atoms with Crippen LogP contribution in [0.5, 0.6) is 28.7 Å². The molecule has 0 N–H and O–H groups in total. The van der Waals surface area contributed by atoms with Gasteiger partial charge in [0.05, 0.1) is 31.4 Å². The lowest BCUT2D eigenvalue weighted by atomic mass is 10.0. The number of nitriles is 1. The predicted molar refractivity (Wildman–Crippen MR) is 117 cm³/mol. The Morgan fingerprint density at radius 3 is 2.50 bits per heavy atom. The van der Waals surface area contributed by atoms with Gasteiger partial charge >= 0.3 is 5.97 Å². The van der Waals surface area contributed by atoms with Gasteiger partial charge in [-0.05, 0) is 54.1 Å². The summed E-state index contributed by atoms with van der Waals surface area (Å²) in [7, 11) is 3.03. The number of rotatable bonds is 6. The second-order valence-corrected chi connectivity index (χ2v) is 6.74. The fraction of sp³-hybridized carbons (Fsp3) is 0.120. The number of carbonyl (C=O) groups is 1. The van der Waals surface area contributed by atoms with Crippen molar-refractivity contribution < 1.29 is 28.5 Å². The first-order valence-corrected chi connectivity index (χ1v) is 9.68. The smallest absolute Gasteiger partial charge is 0.343 e. The molecule has 0 amide bonds. The van der Waals surface area contributed by atoms with Crippen molar-refractivity contribution in [1.82, 2.24) is 0 Å². The minimum Gasteiger partial charge on any atom is -0.496 e. The van der Waals surface area contributed by atoms with Crippen LogP contribution in [0, 0.1) is 11.3 Å². The normalized spacial score (nSPS) is 12.1. The van der Waals surface area contributed by atoms with E-state index in [2.05, 4.69) is 6.07 Å². The number of benzene rings is 3. The van der Waals surface area contributed by atoms with Crippen molar-refractivity contribution in [3.8, 4) is 34.8 Å². The molecule has 1 aliphatic heterocycles. The van der Waals surface area contributed by atoms with E-state index in [-0.39, 0.29) is 12.5 Å². The highest BCUT2D eigenvalue weighted by molar-refractivity contribution is 5.93. The SMILES string of the molecule is COc1cc(/C=C(/C#N)c2ccccc2OC)ccc1OC(=O)c1ccc2c(c1)OCO2. The van der Waals surface area contributed by atoms with Gasteiger partial charge in [-0.2, -0.15) is 5.26 Å². The highest BCUT2D eigenvalue weighted by Gasteiger charge is 2.19. The van der Waals surface area contributed by atoms with Gasteiger partial charge in [-0.1, -0.05) is 18.2 Å². The molecule has 0 aliphatic carbocycles. The molecule has 32 heavy (non-hydrogen) atoms. The molecule has 0 saturated carbocycles. The van der Waals surface area contributed by atoms with Gasteiger partial charge in [0.25, 0.3) is 0 Å². The van der Waals surface area contributed by atoms with E-state index in [1.54, 1.807) is 55.7 Å². The molecule has 0 spiro atoms. The van der Waals surface area contributed by atoms with E-state index in [1.807, 2.05) is 18.2 Å². The van der Waals surface area contributed by atoms with Crippen LogP contribution in [0.2, 0.25) is 0 Å². The Labute approximate surface area is 185 Å². The molecule has 0 aromatic heterocycles. The molecule has 1 heterocycles. The van der Waals surface area contributed by atoms with E-state index in [9.17, 15) is 10.1 Å². The summed E-state index contributed by atoms with van der Waals surface area (Å²) in [6, 6.07) is 19.3. The zero-order valence-electron chi connectivity index (χ0n) is 17.5. The molecule has 0 saturated heterocycles. The Bertz CT molecular complexity index is 1240. The molecule has 0 fully saturated rings. The van der Waals surface area contributed by atoms with Crippen LogP contribution in [-0.4, -0.2) is 27.0 Å². The Morgan fingerprint density at radius 2 is 1.72 bits per heavy atom. The van der Waals surface area contributed by atoms with E-state index >= 15 is 0 Å². The first kappa shape index (κ1) is 20.8. The maximum atomic E-state index is 12.6. The Kier molecular flexibility index (Phi) is 5.95. The van der Waals surface area contributed by atoms with Crippen LogP contribution in [0.4, 0.5) is 0 Å². The highest BCUT2D eigenvalue weighted by Crippen LogP contribution is 2.35. The molecular weight excluding hydrogens is 410 g/mol. The standard InChI is InChI=1S/C25H19NO6/c1-28-20-6-4-3-5-19(20)18(14-26)11-16-7-9-22(23(12-16)29-2)32-25(27)17-8-10-21-24(13-17)31-15-30-21/h3-13H,15H2,1-2H3/b18-11-. The molecule has 0 unspecified atom stereocenters. The molecule has 1 aliphatic rings. The van der Waals surface area contributed by atoms with Crippen LogP contribution in [0.15, 0.2) is 60.7 Å². The number of esters is 1. The lowest BCUT2D eigenvalue weighted by molar-refractivity contribution is 0.0729. The van der Waals surface area contributed by atoms with Crippen LogP contribution in [-0.2, 0) is 0 Å². The number of hydrogen-bond acceptors (Lipinski definition) is 7. The van der Waals surface area contributed by atoms with Crippen LogP contribution < -0.4 is 23.7 Å². The molecule has 3 aromatic rings. The zero-order chi connectivity index (χ0) is 22.5. The molecule has 3 aromatic carbocycles. The minimum atomic E-state index is -0.559. The number of nitrogens with zero attached hydrogens (tertiary/aromatic N) is 1. The Morgan fingerprint density at radius 1 is 0.938 bits per heavy atom. The third-order valence-electron chi connectivity index (χ3n) is 4.83. The van der Waals surface area contributed by atoms with Crippen molar-refractivity contribution in [2.45, 2.75) is 0 Å². The topological polar surface area (TPSA) is 87.0 Å². The quantitative estimate of drug-likeness (QED) is 0.243. The van der Waals surface area contributed by atoms with Gasteiger partial charge in [-0.25, -0.2) is 4.79 Å². The highest BCUT2D eigenvalue weighted by atomic mass is 16.7. The van der Waals surface area contributed by atoms with Gasteiger partial charge in [0.15, 0.2) is 23.0 Å². The summed E-state index contributed by atoms with van der Waals surface area (Å²) < 4.78 is 26.8. The van der Waals surface area contributed by atoms with Gasteiger partial charge in [0, 0.05) is 5.56 Å². The number of fused-ring (bicyclic) bond motifs is 1. The van der Waals surface area contributed by atoms with Crippen molar-refractivity contribution in [1.29, 1.82) is 5.26 Å². The summed E-state index contributed by atoms with van der Waals surface area (Å²) in [5.74, 6) is 1.72. The summed E-state index contributed by atoms with van der Waals surface area (Å²) in [4.78, 5) is 12.6. The summed E-state index contributed by atoms with van der Waals surface area (Å²) in [5.41, 5.74) is 2.12. The van der Waals surface area contributed by atoms with Gasteiger partial charge in [0.1, 0.15) is 5.75 Å². The Balaban J connectivity index is 1.59. The maximum Gasteiger partial charge on any atom is 0.343 e. The second-order valence-electron chi connectivity index (χ2n) is 6.74. The molecule has 0 bridgehead atoms. The molecule has 7 nitrogen and oxygen atoms in total. The largest absolute Gasteiger partial charge is 0.496 e. The minimum absolute atomic E-state index is 0.121. The van der Waals surface area contributed by atoms with Crippen LogP contribution in [0.25, 0.3) is 11.6 Å². The van der Waals surface area contributed by atoms with Crippen LogP contribution >= 0.6 is 0 Å². The molecule has 0 radical (unpaired) electrons. The predicted octanol–water partition coefficient (Wildman–Crippen LogP) is 4.72. The number of allylic oxidation sites excluding steroid dienone is 1. The average molecular weight is 429 g/mol. The lowest BCUT2D eigenvalue weighted by Gasteiger charge is -2.11. The second kappa shape index (κ2) is 9.14. The van der Waals surface area contributed by atoms with Crippen molar-refractivity contribution >= 4 is 17.6 Å². The van der Waals surface area contributed by atoms with E-state index in [0.29, 0.717) is 45.3 Å². The Hall–Kier alpha value is -4.44. The molecular formula is C25H19NO6. The first-order valence-electron chi connectivity index (χ1n) is 9.68. The van der Waals surface area contributed by atoms with Gasteiger partial charge in [0.2, 0.25) is 6.79 Å². The number of methoxy groups -OCH3 is 2. The number of para-hydroxylation sites is 1. The van der Waals surface area contributed by atoms with Gasteiger partial charge in [-0.3, -0.25) is 0 Å². The summed E-state index contributed by atoms with van der Waals surface area (Å²) >= 11 is 0. The van der Waals surface area contributed by atoms with Crippen molar-refractivity contribution in [3.63, 3.8) is 0 Å². The molecule has 7 heteroatoms. The van der Waals surface area contributed by atoms with Gasteiger partial charge < -0.3 is 23.7 Å². The lowest BCUT2D eigenvalue weighted by Crippen LogP contribution is -2.09. The van der Waals surface area contributed by atoms with E-state index < -0.39 is 5.97 Å². The number of ether oxygens (including phenoxy) is 5. The fourth-order valence-electron chi connectivity index (χ4n) is 3.24. The monoisotopic (exact) mass is 429 g/mol. The summed E-state index contributed by atoms with van der Waals surface area (Å²) in [6.45, 7) is 0.121. The van der Waals surface area contributed by atoms with Crippen molar-refractivity contribution in [2.75, 3.05) is 21.0 Å². The fourth-order valence-corrected chi connectivity index (χ4v) is 3.24. The van der Waals surface area contributed by atoms with E-state index in [4.69, 9.17) is 23.7 Å². The zero-order valence-corrected chi connectivity index (χ0v) is 17.5. The summed E-state index contributed by atoms with van der Waals surface area (Å²) in [5, 5.41) is 9.66. The first-order chi connectivity index (χ1) is 15.6. The third kappa shape index (κ3) is 4.20. The van der Waals surface area contributed by atoms with Crippen LogP contribution in [0.3, 0.4) is 0 Å². The van der Waals surface area contributed by atoms with Gasteiger partial charge in [-0.15, -0.1) is 0 Å². The van der Waals surface area contributed by atoms with E-state index in [0.717, 1.165) is 0 Å².